The van der Waals surface area contributed by atoms with E-state index in [1.165, 1.54) is 28.9 Å². The Hall–Kier alpha value is -2.57. The van der Waals surface area contributed by atoms with Crippen LogP contribution in [-0.4, -0.2) is 19.9 Å². The number of fused-ring (bicyclic) bond motifs is 1. The second-order valence-corrected chi connectivity index (χ2v) is 5.61. The molecule has 4 nitrogen and oxygen atoms in total. The van der Waals surface area contributed by atoms with Gasteiger partial charge in [-0.25, -0.2) is 9.67 Å². The number of nitrogens with zero attached hydrogens (tertiary/aromatic N) is 3. The van der Waals surface area contributed by atoms with Crippen LogP contribution in [0.4, 0.5) is 13.2 Å². The molecule has 7 heteroatoms. The molecule has 3 rings (SSSR count). The van der Waals surface area contributed by atoms with Crippen molar-refractivity contribution in [1.29, 1.82) is 0 Å². The topological polar surface area (TPSA) is 50.9 Å². The van der Waals surface area contributed by atoms with Gasteiger partial charge in [0.05, 0.1) is 22.3 Å². The van der Waals surface area contributed by atoms with Crippen LogP contribution in [0.2, 0.25) is 0 Å². The number of hydrogen-bond acceptors (Lipinski definition) is 3. The van der Waals surface area contributed by atoms with E-state index in [0.29, 0.717) is 17.8 Å². The second-order valence-electron chi connectivity index (χ2n) is 5.61. The number of benzene rings is 1. The molecule has 0 atom stereocenters. The first-order chi connectivity index (χ1) is 11.3. The fourth-order valence-corrected chi connectivity index (χ4v) is 2.72. The first-order valence-electron chi connectivity index (χ1n) is 7.56. The molecule has 0 saturated carbocycles. The van der Waals surface area contributed by atoms with Gasteiger partial charge in [-0.15, -0.1) is 0 Å². The maximum atomic E-state index is 13.5. The summed E-state index contributed by atoms with van der Waals surface area (Å²) in [7, 11) is 0. The van der Waals surface area contributed by atoms with Gasteiger partial charge in [0.1, 0.15) is 5.75 Å². The molecule has 0 bridgehead atoms. The molecule has 0 amide bonds. The average Bonchev–Trinajstić information content (AvgIpc) is 2.83. The highest BCUT2D eigenvalue weighted by Crippen LogP contribution is 2.38. The van der Waals surface area contributed by atoms with Gasteiger partial charge >= 0.3 is 6.18 Å². The van der Waals surface area contributed by atoms with Crippen molar-refractivity contribution in [2.75, 3.05) is 0 Å². The van der Waals surface area contributed by atoms with Gasteiger partial charge in [-0.3, -0.25) is 0 Å². The number of phenols is 1. The predicted octanol–water partition coefficient (Wildman–Crippen LogP) is 4.54. The monoisotopic (exact) mass is 335 g/mol. The first-order valence-corrected chi connectivity index (χ1v) is 7.56. The molecule has 0 saturated heterocycles. The first kappa shape index (κ1) is 16.3. The number of aromatic hydroxyl groups is 1. The quantitative estimate of drug-likeness (QED) is 0.764. The summed E-state index contributed by atoms with van der Waals surface area (Å²) >= 11 is 0. The van der Waals surface area contributed by atoms with Crippen LogP contribution in [0.15, 0.2) is 30.3 Å². The fraction of sp³-hybridized carbons (Fsp3) is 0.294. The fourth-order valence-electron chi connectivity index (χ4n) is 2.72. The lowest BCUT2D eigenvalue weighted by atomic mass is 10.1. The smallest absolute Gasteiger partial charge is 0.417 e. The van der Waals surface area contributed by atoms with E-state index in [0.717, 1.165) is 12.5 Å². The maximum Gasteiger partial charge on any atom is 0.417 e. The number of aromatic nitrogens is 3. The van der Waals surface area contributed by atoms with Crippen LogP contribution in [-0.2, 0) is 12.7 Å². The van der Waals surface area contributed by atoms with E-state index in [1.807, 2.05) is 6.92 Å². The van der Waals surface area contributed by atoms with Gasteiger partial charge in [-0.05, 0) is 43.7 Å². The van der Waals surface area contributed by atoms with E-state index in [-0.39, 0.29) is 22.5 Å². The van der Waals surface area contributed by atoms with Crippen LogP contribution < -0.4 is 0 Å². The van der Waals surface area contributed by atoms with E-state index >= 15 is 0 Å². The molecule has 0 spiro atoms. The van der Waals surface area contributed by atoms with Crippen molar-refractivity contribution in [2.45, 2.75) is 33.0 Å². The molecule has 0 aliphatic carbocycles. The molecule has 126 valence electrons. The van der Waals surface area contributed by atoms with E-state index in [1.54, 1.807) is 6.92 Å². The van der Waals surface area contributed by atoms with Crippen molar-refractivity contribution in [1.82, 2.24) is 14.8 Å². The third kappa shape index (κ3) is 2.81. The Labute approximate surface area is 136 Å². The Morgan fingerprint density at radius 2 is 1.83 bits per heavy atom. The van der Waals surface area contributed by atoms with Gasteiger partial charge < -0.3 is 5.11 Å². The zero-order valence-corrected chi connectivity index (χ0v) is 13.2. The van der Waals surface area contributed by atoms with Crippen molar-refractivity contribution in [2.24, 2.45) is 0 Å². The summed E-state index contributed by atoms with van der Waals surface area (Å²) in [5.74, 6) is 0.0442. The summed E-state index contributed by atoms with van der Waals surface area (Å²) < 4.78 is 42.2. The molecular weight excluding hydrogens is 319 g/mol. The summed E-state index contributed by atoms with van der Waals surface area (Å²) in [6.45, 7) is 3.98. The van der Waals surface area contributed by atoms with Gasteiger partial charge in [-0.1, -0.05) is 6.92 Å². The average molecular weight is 335 g/mol. The lowest BCUT2D eigenvalue weighted by molar-refractivity contribution is -0.136. The molecule has 0 unspecified atom stereocenters. The summed E-state index contributed by atoms with van der Waals surface area (Å²) in [6.07, 6.45) is -3.76. The minimum Gasteiger partial charge on any atom is -0.508 e. The summed E-state index contributed by atoms with van der Waals surface area (Å²) in [5.41, 5.74) is 0.507. The van der Waals surface area contributed by atoms with Gasteiger partial charge in [0, 0.05) is 12.1 Å². The number of alkyl halides is 3. The lowest BCUT2D eigenvalue weighted by Gasteiger charge is -2.11. The molecule has 1 aromatic carbocycles. The summed E-state index contributed by atoms with van der Waals surface area (Å²) in [5, 5.41) is 13.6. The number of phenolic OH excluding ortho intramolecular Hbond substituents is 1. The molecule has 2 aromatic heterocycles. The molecule has 24 heavy (non-hydrogen) atoms. The molecule has 3 aromatic rings. The van der Waals surface area contributed by atoms with Crippen LogP contribution in [0.3, 0.4) is 0 Å². The van der Waals surface area contributed by atoms with Crippen LogP contribution in [0.25, 0.3) is 22.3 Å². The van der Waals surface area contributed by atoms with Crippen molar-refractivity contribution in [3.05, 3.63) is 41.6 Å². The Kier molecular flexibility index (Phi) is 3.95. The Balaban J connectivity index is 2.32. The molecule has 0 fully saturated rings. The number of hydrogen-bond donors (Lipinski definition) is 1. The number of halogens is 3. The van der Waals surface area contributed by atoms with Crippen LogP contribution in [0, 0.1) is 6.92 Å². The van der Waals surface area contributed by atoms with Gasteiger partial charge in [0.25, 0.3) is 0 Å². The Morgan fingerprint density at radius 1 is 1.17 bits per heavy atom. The van der Waals surface area contributed by atoms with Crippen LogP contribution >= 0.6 is 0 Å². The van der Waals surface area contributed by atoms with E-state index in [4.69, 9.17) is 0 Å². The molecule has 0 aliphatic rings. The van der Waals surface area contributed by atoms with E-state index in [9.17, 15) is 18.3 Å². The van der Waals surface area contributed by atoms with Crippen LogP contribution in [0.5, 0.6) is 5.75 Å². The third-order valence-corrected chi connectivity index (χ3v) is 3.78. The summed E-state index contributed by atoms with van der Waals surface area (Å²) in [6, 6.07) is 6.96. The Bertz CT molecular complexity index is 883. The van der Waals surface area contributed by atoms with Crippen molar-refractivity contribution >= 4 is 11.0 Å². The van der Waals surface area contributed by atoms with Gasteiger partial charge in [-0.2, -0.15) is 18.3 Å². The maximum absolute atomic E-state index is 13.5. The normalized spacial score (nSPS) is 12.0. The zero-order valence-electron chi connectivity index (χ0n) is 13.2. The number of aryl methyl sites for hydroxylation is 2. The molecule has 1 N–H and O–H groups in total. The number of pyridine rings is 1. The van der Waals surface area contributed by atoms with Crippen molar-refractivity contribution in [3.63, 3.8) is 0 Å². The lowest BCUT2D eigenvalue weighted by Crippen LogP contribution is -2.08. The molecule has 0 aliphatic heterocycles. The zero-order chi connectivity index (χ0) is 17.5. The van der Waals surface area contributed by atoms with E-state index in [2.05, 4.69) is 10.1 Å². The van der Waals surface area contributed by atoms with Crippen LogP contribution in [0.1, 0.15) is 24.6 Å². The van der Waals surface area contributed by atoms with Gasteiger partial charge in [0.2, 0.25) is 0 Å². The minimum atomic E-state index is -4.50. The van der Waals surface area contributed by atoms with Gasteiger partial charge in [0.15, 0.2) is 5.65 Å². The largest absolute Gasteiger partial charge is 0.508 e. The van der Waals surface area contributed by atoms with E-state index < -0.39 is 11.7 Å². The third-order valence-electron chi connectivity index (χ3n) is 3.78. The van der Waals surface area contributed by atoms with Crippen molar-refractivity contribution < 1.29 is 18.3 Å². The minimum absolute atomic E-state index is 0.0403. The second kappa shape index (κ2) is 5.81. The highest BCUT2D eigenvalue weighted by molar-refractivity contribution is 5.85. The predicted molar refractivity (Wildman–Crippen MR) is 84.7 cm³/mol. The van der Waals surface area contributed by atoms with Crippen molar-refractivity contribution in [3.8, 4) is 17.0 Å². The highest BCUT2D eigenvalue weighted by atomic mass is 19.4. The molecular formula is C17H16F3N3O. The molecule has 2 heterocycles. The Morgan fingerprint density at radius 3 is 2.42 bits per heavy atom. The highest BCUT2D eigenvalue weighted by Gasteiger charge is 2.35. The standard InChI is InChI=1S/C17H16F3N3O/c1-3-8-23-16-15(10(2)22-23)13(17(18,19)20)9-14(21-16)11-4-6-12(24)7-5-11/h4-7,9,24H,3,8H2,1-2H3. The summed E-state index contributed by atoms with van der Waals surface area (Å²) in [4.78, 5) is 4.41. The molecule has 0 radical (unpaired) electrons. The SMILES string of the molecule is CCCn1nc(C)c2c(C(F)(F)F)cc(-c3ccc(O)cc3)nc21. The number of rotatable bonds is 3.